The highest BCUT2D eigenvalue weighted by atomic mass is 32.2. The number of benzene rings is 1. The molecule has 0 bridgehead atoms. The van der Waals surface area contributed by atoms with Gasteiger partial charge in [-0.2, -0.15) is 0 Å². The van der Waals surface area contributed by atoms with E-state index in [0.29, 0.717) is 13.0 Å². The lowest BCUT2D eigenvalue weighted by atomic mass is 9.86. The van der Waals surface area contributed by atoms with Crippen LogP contribution in [0, 0.1) is 5.92 Å². The Morgan fingerprint density at radius 1 is 1.10 bits per heavy atom. The number of alkyl halides is 1. The fourth-order valence-corrected chi connectivity index (χ4v) is 7.59. The van der Waals surface area contributed by atoms with Gasteiger partial charge in [-0.05, 0) is 67.8 Å². The Balaban J connectivity index is 1.33. The number of amides is 1. The van der Waals surface area contributed by atoms with Gasteiger partial charge in [-0.15, -0.1) is 0 Å². The van der Waals surface area contributed by atoms with Crippen LogP contribution in [0.1, 0.15) is 88.2 Å². The molecule has 1 aliphatic carbocycles. The van der Waals surface area contributed by atoms with E-state index in [1.54, 1.807) is 7.11 Å². The first-order valence-electron chi connectivity index (χ1n) is 15.5. The quantitative estimate of drug-likeness (QED) is 0.261. The van der Waals surface area contributed by atoms with Crippen LogP contribution < -0.4 is 9.46 Å². The van der Waals surface area contributed by atoms with Crippen LogP contribution in [0.4, 0.5) is 4.39 Å². The van der Waals surface area contributed by atoms with Crippen LogP contribution in [-0.2, 0) is 32.5 Å². The molecule has 8 nitrogen and oxygen atoms in total. The summed E-state index contributed by atoms with van der Waals surface area (Å²) in [5.74, 6) is 0.698. The second-order valence-corrected chi connectivity index (χ2v) is 13.6. The number of methoxy groups -OCH3 is 1. The summed E-state index contributed by atoms with van der Waals surface area (Å²) in [5, 5.41) is 0. The Morgan fingerprint density at radius 2 is 1.93 bits per heavy atom. The van der Waals surface area contributed by atoms with Crippen molar-refractivity contribution in [1.29, 1.82) is 0 Å². The maximum Gasteiger partial charge on any atom is 0.234 e. The summed E-state index contributed by atoms with van der Waals surface area (Å²) in [4.78, 5) is 17.2. The predicted molar refractivity (Wildman–Crippen MR) is 158 cm³/mol. The average Bonchev–Trinajstić information content (AvgIpc) is 3.63. The summed E-state index contributed by atoms with van der Waals surface area (Å²) in [7, 11) is -2.18. The van der Waals surface area contributed by atoms with Crippen molar-refractivity contribution in [3.8, 4) is 5.75 Å². The van der Waals surface area contributed by atoms with Crippen molar-refractivity contribution in [2.45, 2.75) is 102 Å². The molecule has 0 aromatic heterocycles. The molecular formula is C31H48FN3O5S. The van der Waals surface area contributed by atoms with Crippen molar-refractivity contribution in [3.63, 3.8) is 0 Å². The van der Waals surface area contributed by atoms with E-state index in [1.807, 2.05) is 24.5 Å². The number of nitrogens with zero attached hydrogens (tertiary/aromatic N) is 2. The standard InChI is InChI=1S/C31H48FN3O5S/c1-39-28-15-13-26(14-16-30(36)33-41(37,38)22-8-17-32)27(23-28)24-35-19-7-12-29(35)31-34(20-21-40-31)18-6-5-11-25-9-3-2-4-10-25/h13,15,20-21,23,25,29,31H,2-12,14,16-19,22,24H2,1H3,(H,33,36)/t29?,31-/m0/s1. The van der Waals surface area contributed by atoms with Gasteiger partial charge in [-0.1, -0.05) is 51.0 Å². The summed E-state index contributed by atoms with van der Waals surface area (Å²) in [6, 6.07) is 6.09. The van der Waals surface area contributed by atoms with Crippen molar-refractivity contribution in [2.24, 2.45) is 5.92 Å². The zero-order valence-electron chi connectivity index (χ0n) is 24.6. The van der Waals surface area contributed by atoms with Gasteiger partial charge < -0.3 is 14.4 Å². The molecule has 41 heavy (non-hydrogen) atoms. The summed E-state index contributed by atoms with van der Waals surface area (Å²) < 4.78 is 50.1. The molecule has 4 rings (SSSR count). The lowest BCUT2D eigenvalue weighted by molar-refractivity contribution is -0.119. The highest BCUT2D eigenvalue weighted by Crippen LogP contribution is 2.32. The van der Waals surface area contributed by atoms with Gasteiger partial charge in [-0.25, -0.2) is 8.42 Å². The summed E-state index contributed by atoms with van der Waals surface area (Å²) >= 11 is 0. The van der Waals surface area contributed by atoms with Crippen LogP contribution in [0.5, 0.6) is 5.75 Å². The van der Waals surface area contributed by atoms with Gasteiger partial charge in [0, 0.05) is 25.7 Å². The lowest BCUT2D eigenvalue weighted by Crippen LogP contribution is -2.46. The number of nitrogens with one attached hydrogen (secondary N) is 1. The minimum atomic E-state index is -3.82. The van der Waals surface area contributed by atoms with Gasteiger partial charge in [0.05, 0.1) is 25.6 Å². The highest BCUT2D eigenvalue weighted by Gasteiger charge is 2.37. The summed E-state index contributed by atoms with van der Waals surface area (Å²) in [6.07, 6.45) is 17.2. The van der Waals surface area contributed by atoms with E-state index in [-0.39, 0.29) is 25.1 Å². The SMILES string of the molecule is COc1ccc(CCC(=O)NS(=O)(=O)CCCF)c(CN2CCCC2[C@@H]2OC=CN2CCCCC2CCCCC2)c1. The van der Waals surface area contributed by atoms with E-state index < -0.39 is 28.4 Å². The van der Waals surface area contributed by atoms with Crippen LogP contribution in [0.25, 0.3) is 0 Å². The van der Waals surface area contributed by atoms with Crippen molar-refractivity contribution in [1.82, 2.24) is 14.5 Å². The summed E-state index contributed by atoms with van der Waals surface area (Å²) in [5.41, 5.74) is 2.05. The number of ether oxygens (including phenoxy) is 2. The van der Waals surface area contributed by atoms with Crippen LogP contribution in [-0.4, -0.2) is 69.0 Å². The number of sulfonamides is 1. The van der Waals surface area contributed by atoms with E-state index >= 15 is 0 Å². The molecule has 10 heteroatoms. The first kappa shape index (κ1) is 31.6. The monoisotopic (exact) mass is 593 g/mol. The van der Waals surface area contributed by atoms with Crippen LogP contribution in [0.3, 0.4) is 0 Å². The van der Waals surface area contributed by atoms with Crippen molar-refractivity contribution in [3.05, 3.63) is 41.8 Å². The molecule has 0 spiro atoms. The Bertz CT molecular complexity index is 1110. The third-order valence-corrected chi connectivity index (χ3v) is 10.1. The molecule has 1 aromatic rings. The van der Waals surface area contributed by atoms with Gasteiger partial charge >= 0.3 is 0 Å². The third-order valence-electron chi connectivity index (χ3n) is 8.77. The molecule has 230 valence electrons. The Hall–Kier alpha value is -2.33. The van der Waals surface area contributed by atoms with Crippen molar-refractivity contribution in [2.75, 3.05) is 32.6 Å². The molecule has 2 atom stereocenters. The number of aryl methyl sites for hydroxylation is 1. The van der Waals surface area contributed by atoms with E-state index in [1.165, 1.54) is 51.4 Å². The summed E-state index contributed by atoms with van der Waals surface area (Å²) in [6.45, 7) is 1.93. The Kier molecular flexibility index (Phi) is 12.2. The molecule has 0 radical (unpaired) electrons. The molecule has 1 amide bonds. The molecule has 1 unspecified atom stereocenters. The molecule has 1 N–H and O–H groups in total. The number of carbonyl (C=O) groups is 1. The number of hydrogen-bond donors (Lipinski definition) is 1. The molecular weight excluding hydrogens is 545 g/mol. The first-order valence-corrected chi connectivity index (χ1v) is 17.1. The normalized spacial score (nSPS) is 21.8. The van der Waals surface area contributed by atoms with E-state index in [9.17, 15) is 17.6 Å². The second kappa shape index (κ2) is 15.8. The number of hydrogen-bond acceptors (Lipinski definition) is 7. The first-order chi connectivity index (χ1) is 19.9. The van der Waals surface area contributed by atoms with E-state index in [2.05, 4.69) is 20.7 Å². The number of unbranched alkanes of at least 4 members (excludes halogenated alkanes) is 1. The Morgan fingerprint density at radius 3 is 2.71 bits per heavy atom. The highest BCUT2D eigenvalue weighted by molar-refractivity contribution is 7.90. The molecule has 2 heterocycles. The maximum atomic E-state index is 12.4. The Labute approximate surface area is 245 Å². The minimum absolute atomic E-state index is 0.00143. The van der Waals surface area contributed by atoms with Gasteiger partial charge in [0.1, 0.15) is 12.0 Å². The average molecular weight is 594 g/mol. The molecule has 1 saturated carbocycles. The zero-order valence-corrected chi connectivity index (χ0v) is 25.4. The molecule has 1 saturated heterocycles. The fraction of sp³-hybridized carbons (Fsp3) is 0.710. The molecule has 2 aliphatic heterocycles. The van der Waals surface area contributed by atoms with Gasteiger partial charge in [-0.3, -0.25) is 18.8 Å². The van der Waals surface area contributed by atoms with E-state index in [0.717, 1.165) is 48.7 Å². The topological polar surface area (TPSA) is 88.2 Å². The van der Waals surface area contributed by atoms with Gasteiger partial charge in [0.2, 0.25) is 15.9 Å². The lowest BCUT2D eigenvalue weighted by Gasteiger charge is -2.35. The van der Waals surface area contributed by atoms with Gasteiger partial charge in [0.15, 0.2) is 6.23 Å². The van der Waals surface area contributed by atoms with E-state index in [4.69, 9.17) is 9.47 Å². The maximum absolute atomic E-state index is 12.4. The number of likely N-dealkylation sites (tertiary alicyclic amines) is 1. The number of halogens is 1. The number of rotatable bonds is 16. The zero-order chi connectivity index (χ0) is 29.1. The molecule has 1 aromatic carbocycles. The smallest absolute Gasteiger partial charge is 0.234 e. The molecule has 3 aliphatic rings. The van der Waals surface area contributed by atoms with Crippen molar-refractivity contribution >= 4 is 15.9 Å². The van der Waals surface area contributed by atoms with Crippen LogP contribution in [0.2, 0.25) is 0 Å². The number of carbonyl (C=O) groups excluding carboxylic acids is 1. The van der Waals surface area contributed by atoms with Crippen molar-refractivity contribution < 1.29 is 27.1 Å². The van der Waals surface area contributed by atoms with Crippen LogP contribution in [0.15, 0.2) is 30.7 Å². The fourth-order valence-electron chi connectivity index (χ4n) is 6.55. The molecule has 2 fully saturated rings. The predicted octanol–water partition coefficient (Wildman–Crippen LogP) is 5.28. The van der Waals surface area contributed by atoms with Gasteiger partial charge in [0.25, 0.3) is 0 Å². The largest absolute Gasteiger partial charge is 0.497 e. The van der Waals surface area contributed by atoms with Crippen LogP contribution >= 0.6 is 0 Å². The minimum Gasteiger partial charge on any atom is -0.497 e. The second-order valence-electron chi connectivity index (χ2n) is 11.8. The third kappa shape index (κ3) is 9.60.